The number of alkyl halides is 1. The summed E-state index contributed by atoms with van der Waals surface area (Å²) in [5.41, 5.74) is 2.68. The third-order valence-electron chi connectivity index (χ3n) is 2.54. The Kier molecular flexibility index (Phi) is 3.07. The lowest BCUT2D eigenvalue weighted by Crippen LogP contribution is -2.02. The highest BCUT2D eigenvalue weighted by molar-refractivity contribution is 7.10. The topological polar surface area (TPSA) is 30.7 Å². The Bertz CT molecular complexity index is 461. The maximum Gasteiger partial charge on any atom is 0.148 e. The van der Waals surface area contributed by atoms with Crippen LogP contribution in [-0.4, -0.2) is 14.8 Å². The molecule has 0 bridgehead atoms. The fourth-order valence-corrected chi connectivity index (χ4v) is 2.50. The Morgan fingerprint density at radius 1 is 1.47 bits per heavy atom. The summed E-state index contributed by atoms with van der Waals surface area (Å²) in [6.07, 6.45) is 1.73. The van der Waals surface area contributed by atoms with Gasteiger partial charge in [-0.05, 0) is 30.4 Å². The van der Waals surface area contributed by atoms with Crippen LogP contribution in [0.1, 0.15) is 21.8 Å². The molecule has 0 aliphatic heterocycles. The molecule has 0 atom stereocenters. The van der Waals surface area contributed by atoms with Crippen molar-refractivity contribution in [2.24, 2.45) is 0 Å². The first-order valence-corrected chi connectivity index (χ1v) is 6.10. The second-order valence-corrected chi connectivity index (χ2v) is 4.80. The SMILES string of the molecule is Cc1scc(Cn2cnnc2CCl)c1C. The molecular weight excluding hydrogens is 230 g/mol. The summed E-state index contributed by atoms with van der Waals surface area (Å²) in [7, 11) is 0. The van der Waals surface area contributed by atoms with E-state index < -0.39 is 0 Å². The Hall–Kier alpha value is -0.870. The largest absolute Gasteiger partial charge is 0.312 e. The number of aromatic nitrogens is 3. The summed E-state index contributed by atoms with van der Waals surface area (Å²) in [4.78, 5) is 1.37. The van der Waals surface area contributed by atoms with Crippen LogP contribution in [-0.2, 0) is 12.4 Å². The molecule has 3 nitrogen and oxygen atoms in total. The molecule has 0 radical (unpaired) electrons. The molecule has 0 N–H and O–H groups in total. The van der Waals surface area contributed by atoms with Gasteiger partial charge in [-0.15, -0.1) is 33.1 Å². The van der Waals surface area contributed by atoms with Gasteiger partial charge in [0.15, 0.2) is 0 Å². The zero-order valence-corrected chi connectivity index (χ0v) is 10.3. The van der Waals surface area contributed by atoms with E-state index in [4.69, 9.17) is 11.6 Å². The van der Waals surface area contributed by atoms with Gasteiger partial charge in [0.2, 0.25) is 0 Å². The zero-order chi connectivity index (χ0) is 10.8. The van der Waals surface area contributed by atoms with E-state index in [1.54, 1.807) is 17.7 Å². The number of thiophene rings is 1. The molecule has 0 fully saturated rings. The molecule has 2 heterocycles. The van der Waals surface area contributed by atoms with Gasteiger partial charge >= 0.3 is 0 Å². The smallest absolute Gasteiger partial charge is 0.148 e. The quantitative estimate of drug-likeness (QED) is 0.774. The Morgan fingerprint density at radius 3 is 2.87 bits per heavy atom. The lowest BCUT2D eigenvalue weighted by molar-refractivity contribution is 0.753. The Labute approximate surface area is 97.7 Å². The molecule has 15 heavy (non-hydrogen) atoms. The van der Waals surface area contributed by atoms with Crippen LogP contribution in [0.25, 0.3) is 0 Å². The molecule has 2 aromatic rings. The van der Waals surface area contributed by atoms with E-state index in [2.05, 4.69) is 29.4 Å². The van der Waals surface area contributed by atoms with Crippen molar-refractivity contribution < 1.29 is 0 Å². The van der Waals surface area contributed by atoms with E-state index in [1.165, 1.54) is 16.0 Å². The molecule has 5 heteroatoms. The Morgan fingerprint density at radius 2 is 2.27 bits per heavy atom. The minimum absolute atomic E-state index is 0.405. The van der Waals surface area contributed by atoms with Gasteiger partial charge in [-0.2, -0.15) is 0 Å². The van der Waals surface area contributed by atoms with Crippen molar-refractivity contribution in [3.63, 3.8) is 0 Å². The third kappa shape index (κ3) is 2.06. The predicted octanol–water partition coefficient (Wildman–Crippen LogP) is 2.74. The highest BCUT2D eigenvalue weighted by Crippen LogP contribution is 2.21. The van der Waals surface area contributed by atoms with Crippen molar-refractivity contribution in [2.45, 2.75) is 26.3 Å². The van der Waals surface area contributed by atoms with E-state index in [9.17, 15) is 0 Å². The maximum atomic E-state index is 5.76. The molecule has 0 aliphatic rings. The summed E-state index contributed by atoms with van der Waals surface area (Å²) >= 11 is 7.54. The number of rotatable bonds is 3. The van der Waals surface area contributed by atoms with Crippen molar-refractivity contribution in [3.05, 3.63) is 33.5 Å². The average molecular weight is 242 g/mol. The van der Waals surface area contributed by atoms with Crippen molar-refractivity contribution in [1.29, 1.82) is 0 Å². The van der Waals surface area contributed by atoms with Crippen LogP contribution in [0.5, 0.6) is 0 Å². The van der Waals surface area contributed by atoms with Crippen LogP contribution in [0.4, 0.5) is 0 Å². The molecule has 2 aromatic heterocycles. The predicted molar refractivity (Wildman–Crippen MR) is 62.5 cm³/mol. The van der Waals surface area contributed by atoms with Gasteiger partial charge < -0.3 is 4.57 Å². The van der Waals surface area contributed by atoms with E-state index in [0.29, 0.717) is 5.88 Å². The first kappa shape index (κ1) is 10.6. The van der Waals surface area contributed by atoms with Crippen molar-refractivity contribution in [3.8, 4) is 0 Å². The van der Waals surface area contributed by atoms with Gasteiger partial charge in [-0.1, -0.05) is 0 Å². The van der Waals surface area contributed by atoms with Crippen LogP contribution in [0, 0.1) is 13.8 Å². The standard InChI is InChI=1S/C10H12ClN3S/c1-7-8(2)15-5-9(7)4-14-6-12-13-10(14)3-11/h5-6H,3-4H2,1-2H3. The number of aryl methyl sites for hydroxylation is 1. The van der Waals surface area contributed by atoms with Crippen molar-refractivity contribution >= 4 is 22.9 Å². The zero-order valence-electron chi connectivity index (χ0n) is 8.70. The normalized spacial score (nSPS) is 10.9. The molecule has 0 aliphatic carbocycles. The van der Waals surface area contributed by atoms with E-state index >= 15 is 0 Å². The number of halogens is 1. The molecule has 2 rings (SSSR count). The lowest BCUT2D eigenvalue weighted by atomic mass is 10.2. The summed E-state index contributed by atoms with van der Waals surface area (Å²) in [6, 6.07) is 0. The number of nitrogens with zero attached hydrogens (tertiary/aromatic N) is 3. The van der Waals surface area contributed by atoms with Gasteiger partial charge in [-0.3, -0.25) is 0 Å². The summed E-state index contributed by atoms with van der Waals surface area (Å²) in [6.45, 7) is 5.09. The van der Waals surface area contributed by atoms with Gasteiger partial charge in [0.05, 0.1) is 12.4 Å². The lowest BCUT2D eigenvalue weighted by Gasteiger charge is -2.04. The first-order chi connectivity index (χ1) is 7.22. The summed E-state index contributed by atoms with van der Waals surface area (Å²) in [5.74, 6) is 1.22. The molecule has 0 saturated heterocycles. The number of hydrogen-bond acceptors (Lipinski definition) is 3. The van der Waals surface area contributed by atoms with Gasteiger partial charge in [-0.25, -0.2) is 0 Å². The monoisotopic (exact) mass is 241 g/mol. The molecule has 0 amide bonds. The minimum Gasteiger partial charge on any atom is -0.312 e. The second-order valence-electron chi connectivity index (χ2n) is 3.45. The first-order valence-electron chi connectivity index (χ1n) is 4.68. The highest BCUT2D eigenvalue weighted by Gasteiger charge is 2.07. The molecule has 0 saturated carbocycles. The summed E-state index contributed by atoms with van der Waals surface area (Å²) < 4.78 is 1.99. The highest BCUT2D eigenvalue weighted by atomic mass is 35.5. The van der Waals surface area contributed by atoms with E-state index in [0.717, 1.165) is 12.4 Å². The molecule has 0 spiro atoms. The molecule has 0 unspecified atom stereocenters. The van der Waals surface area contributed by atoms with E-state index in [-0.39, 0.29) is 0 Å². The minimum atomic E-state index is 0.405. The number of hydrogen-bond donors (Lipinski definition) is 0. The van der Waals surface area contributed by atoms with Crippen molar-refractivity contribution in [1.82, 2.24) is 14.8 Å². The van der Waals surface area contributed by atoms with Crippen LogP contribution >= 0.6 is 22.9 Å². The van der Waals surface area contributed by atoms with Gasteiger partial charge in [0.25, 0.3) is 0 Å². The van der Waals surface area contributed by atoms with Crippen LogP contribution in [0.3, 0.4) is 0 Å². The van der Waals surface area contributed by atoms with Gasteiger partial charge in [0, 0.05) is 4.88 Å². The van der Waals surface area contributed by atoms with Crippen LogP contribution < -0.4 is 0 Å². The Balaban J connectivity index is 2.25. The third-order valence-corrected chi connectivity index (χ3v) is 3.84. The molecule has 0 aromatic carbocycles. The molecular formula is C10H12ClN3S. The fourth-order valence-electron chi connectivity index (χ4n) is 1.42. The van der Waals surface area contributed by atoms with Crippen LogP contribution in [0.15, 0.2) is 11.7 Å². The van der Waals surface area contributed by atoms with Crippen LogP contribution in [0.2, 0.25) is 0 Å². The second kappa shape index (κ2) is 4.33. The summed E-state index contributed by atoms with van der Waals surface area (Å²) in [5, 5.41) is 9.99. The van der Waals surface area contributed by atoms with Crippen molar-refractivity contribution in [2.75, 3.05) is 0 Å². The van der Waals surface area contributed by atoms with Gasteiger partial charge in [0.1, 0.15) is 12.2 Å². The van der Waals surface area contributed by atoms with E-state index in [1.807, 2.05) is 4.57 Å². The average Bonchev–Trinajstić information content (AvgIpc) is 2.80. The molecule has 80 valence electrons. The fraction of sp³-hybridized carbons (Fsp3) is 0.400. The maximum absolute atomic E-state index is 5.76.